The molecule has 1 aliphatic heterocycles. The van der Waals surface area contributed by atoms with E-state index >= 15 is 0 Å². The lowest BCUT2D eigenvalue weighted by Crippen LogP contribution is -2.51. The van der Waals surface area contributed by atoms with Gasteiger partial charge in [0.05, 0.1) is 0 Å². The normalized spacial score (nSPS) is 39.4. The van der Waals surface area contributed by atoms with Crippen molar-refractivity contribution >= 4 is 18.0 Å². The zero-order chi connectivity index (χ0) is 27.2. The molecule has 38 heavy (non-hydrogen) atoms. The van der Waals surface area contributed by atoms with Crippen molar-refractivity contribution < 1.29 is 24.0 Å². The van der Waals surface area contributed by atoms with Gasteiger partial charge in [0.25, 0.3) is 11.8 Å². The zero-order valence-corrected chi connectivity index (χ0v) is 24.3. The van der Waals surface area contributed by atoms with Crippen LogP contribution < -0.4 is 0 Å². The molecule has 2 amide bonds. The fraction of sp³-hybridized carbons (Fsp3) is 0.844. The minimum atomic E-state index is -0.940. The summed E-state index contributed by atoms with van der Waals surface area (Å²) in [4.78, 5) is 40.9. The van der Waals surface area contributed by atoms with Crippen LogP contribution in [0.25, 0.3) is 0 Å². The maximum absolute atomic E-state index is 12.4. The maximum Gasteiger partial charge on any atom is 0.534 e. The zero-order valence-electron chi connectivity index (χ0n) is 24.3. The molecule has 212 valence electrons. The number of nitrogens with zero attached hydrogens (tertiary/aromatic N) is 1. The van der Waals surface area contributed by atoms with Gasteiger partial charge in [-0.3, -0.25) is 14.4 Å². The number of amides is 2. The second-order valence-electron chi connectivity index (χ2n) is 14.2. The Balaban J connectivity index is 1.21. The van der Waals surface area contributed by atoms with Gasteiger partial charge in [-0.2, -0.15) is 0 Å². The predicted octanol–water partition coefficient (Wildman–Crippen LogP) is 7.61. The highest BCUT2D eigenvalue weighted by atomic mass is 16.8. The number of rotatable bonds is 7. The monoisotopic (exact) mass is 527 g/mol. The van der Waals surface area contributed by atoms with E-state index in [0.717, 1.165) is 55.3 Å². The highest BCUT2D eigenvalue weighted by Crippen LogP contribution is 2.67. The van der Waals surface area contributed by atoms with Crippen molar-refractivity contribution in [3.8, 4) is 0 Å². The molecule has 0 N–H and O–H groups in total. The fourth-order valence-corrected chi connectivity index (χ4v) is 9.64. The number of carbonyl (C=O) groups excluding carboxylic acids is 3. The van der Waals surface area contributed by atoms with E-state index < -0.39 is 18.0 Å². The third-order valence-electron chi connectivity index (χ3n) is 11.7. The van der Waals surface area contributed by atoms with Gasteiger partial charge in [-0.25, -0.2) is 4.79 Å². The van der Waals surface area contributed by atoms with Gasteiger partial charge < -0.3 is 4.74 Å². The summed E-state index contributed by atoms with van der Waals surface area (Å²) in [6.45, 7) is 12.3. The molecule has 3 saturated carbocycles. The molecular formula is C32H49NO5. The quantitative estimate of drug-likeness (QED) is 0.193. The van der Waals surface area contributed by atoms with E-state index in [1.807, 2.05) is 0 Å². The topological polar surface area (TPSA) is 72.9 Å². The third-order valence-corrected chi connectivity index (χ3v) is 11.7. The number of hydroxylamine groups is 2. The van der Waals surface area contributed by atoms with Crippen LogP contribution in [-0.4, -0.2) is 29.1 Å². The van der Waals surface area contributed by atoms with Crippen LogP contribution in [-0.2, 0) is 19.2 Å². The van der Waals surface area contributed by atoms with Gasteiger partial charge in [0, 0.05) is 19.3 Å². The van der Waals surface area contributed by atoms with Crippen LogP contribution in [0.15, 0.2) is 11.6 Å². The average molecular weight is 528 g/mol. The first-order valence-corrected chi connectivity index (χ1v) is 15.5. The van der Waals surface area contributed by atoms with E-state index in [1.54, 1.807) is 0 Å². The average Bonchev–Trinajstić information content (AvgIpc) is 3.38. The molecule has 5 rings (SSSR count). The Kier molecular flexibility index (Phi) is 7.74. The molecular weight excluding hydrogens is 478 g/mol. The van der Waals surface area contributed by atoms with Gasteiger partial charge >= 0.3 is 6.16 Å². The molecule has 5 aliphatic rings. The standard InChI is InChI=1S/C32H49NO5/c1-20(2)7-6-8-21(3)25-11-12-26-24-10-9-22-19-23(37-30(36)38-33-28(34)13-14-29(33)35)15-17-31(22,4)27(24)16-18-32(25,26)5/h9,20-21,23-27H,6-8,10-19H2,1-5H3/t21-,23-,24?,25-,26+,27+,31+,32-/m1/s1. The molecule has 0 aromatic carbocycles. The van der Waals surface area contributed by atoms with Crippen LogP contribution >= 0.6 is 0 Å². The Labute approximate surface area is 229 Å². The number of carbonyl (C=O) groups is 3. The van der Waals surface area contributed by atoms with Gasteiger partial charge in [-0.05, 0) is 91.3 Å². The minimum absolute atomic E-state index is 0.0845. The van der Waals surface area contributed by atoms with Gasteiger partial charge in [-0.1, -0.05) is 70.6 Å². The first kappa shape index (κ1) is 27.7. The van der Waals surface area contributed by atoms with Crippen molar-refractivity contribution in [2.24, 2.45) is 46.3 Å². The van der Waals surface area contributed by atoms with Crippen LogP contribution in [0.3, 0.4) is 0 Å². The lowest BCUT2D eigenvalue weighted by molar-refractivity contribution is -0.179. The molecule has 0 aromatic rings. The minimum Gasteiger partial charge on any atom is -0.429 e. The van der Waals surface area contributed by atoms with Crippen molar-refractivity contribution in [3.05, 3.63) is 11.6 Å². The van der Waals surface area contributed by atoms with Gasteiger partial charge in [0.1, 0.15) is 6.10 Å². The number of fused-ring (bicyclic) bond motifs is 5. The van der Waals surface area contributed by atoms with Crippen molar-refractivity contribution in [1.82, 2.24) is 5.06 Å². The van der Waals surface area contributed by atoms with Gasteiger partial charge in [0.15, 0.2) is 0 Å². The van der Waals surface area contributed by atoms with Crippen LogP contribution in [0.2, 0.25) is 0 Å². The van der Waals surface area contributed by atoms with E-state index in [9.17, 15) is 14.4 Å². The Bertz CT molecular complexity index is 957. The lowest BCUT2D eigenvalue weighted by atomic mass is 9.47. The summed E-state index contributed by atoms with van der Waals surface area (Å²) in [6, 6.07) is 0. The summed E-state index contributed by atoms with van der Waals surface area (Å²) < 4.78 is 5.60. The number of allylic oxidation sites excluding steroid dienone is 1. The molecule has 1 unspecified atom stereocenters. The van der Waals surface area contributed by atoms with Crippen molar-refractivity contribution in [1.29, 1.82) is 0 Å². The number of hydrogen-bond donors (Lipinski definition) is 0. The molecule has 1 heterocycles. The predicted molar refractivity (Wildman–Crippen MR) is 145 cm³/mol. The maximum atomic E-state index is 12.4. The Morgan fingerprint density at radius 3 is 2.45 bits per heavy atom. The molecule has 4 fully saturated rings. The van der Waals surface area contributed by atoms with Crippen molar-refractivity contribution in [2.75, 3.05) is 0 Å². The summed E-state index contributed by atoms with van der Waals surface area (Å²) in [5.74, 6) is 3.84. The molecule has 6 nitrogen and oxygen atoms in total. The number of ether oxygens (including phenoxy) is 1. The van der Waals surface area contributed by atoms with Crippen LogP contribution in [0.4, 0.5) is 4.79 Å². The third kappa shape index (κ3) is 4.94. The van der Waals surface area contributed by atoms with E-state index in [0.29, 0.717) is 16.4 Å². The first-order valence-electron chi connectivity index (χ1n) is 15.5. The molecule has 1 saturated heterocycles. The largest absolute Gasteiger partial charge is 0.534 e. The summed E-state index contributed by atoms with van der Waals surface area (Å²) in [5, 5.41) is 0.568. The molecule has 6 heteroatoms. The highest BCUT2D eigenvalue weighted by molar-refractivity contribution is 6.01. The first-order chi connectivity index (χ1) is 18.0. The second-order valence-corrected chi connectivity index (χ2v) is 14.2. The van der Waals surface area contributed by atoms with Crippen molar-refractivity contribution in [3.63, 3.8) is 0 Å². The molecule has 4 aliphatic carbocycles. The SMILES string of the molecule is CC(C)CCC[C@@H](C)[C@H]1CC[C@H]2C3CC=C4C[C@H](OC(=O)ON5C(=O)CCC5=O)CC[C@]4(C)[C@H]3CC[C@]12C. The van der Waals surface area contributed by atoms with Gasteiger partial charge in [-0.15, -0.1) is 0 Å². The van der Waals surface area contributed by atoms with Crippen molar-refractivity contribution in [2.45, 2.75) is 124 Å². The molecule has 0 bridgehead atoms. The van der Waals surface area contributed by atoms with Gasteiger partial charge in [0.2, 0.25) is 0 Å². The summed E-state index contributed by atoms with van der Waals surface area (Å²) in [5.41, 5.74) is 2.10. The summed E-state index contributed by atoms with van der Waals surface area (Å²) in [7, 11) is 0. The van der Waals surface area contributed by atoms with Crippen LogP contribution in [0.5, 0.6) is 0 Å². The smallest absolute Gasteiger partial charge is 0.429 e. The lowest BCUT2D eigenvalue weighted by Gasteiger charge is -2.58. The van der Waals surface area contributed by atoms with E-state index in [2.05, 4.69) is 40.7 Å². The molecule has 0 spiro atoms. The fourth-order valence-electron chi connectivity index (χ4n) is 9.64. The molecule has 8 atom stereocenters. The Morgan fingerprint density at radius 2 is 1.74 bits per heavy atom. The van der Waals surface area contributed by atoms with Crippen LogP contribution in [0.1, 0.15) is 118 Å². The van der Waals surface area contributed by atoms with E-state index in [-0.39, 0.29) is 24.4 Å². The molecule has 0 aromatic heterocycles. The Morgan fingerprint density at radius 1 is 1.00 bits per heavy atom. The molecule has 0 radical (unpaired) electrons. The highest BCUT2D eigenvalue weighted by Gasteiger charge is 2.59. The number of hydrogen-bond acceptors (Lipinski definition) is 5. The summed E-state index contributed by atoms with van der Waals surface area (Å²) in [6.07, 6.45) is 14.7. The van der Waals surface area contributed by atoms with E-state index in [4.69, 9.17) is 9.57 Å². The van der Waals surface area contributed by atoms with Crippen LogP contribution in [0, 0.1) is 46.3 Å². The summed E-state index contributed by atoms with van der Waals surface area (Å²) >= 11 is 0. The Hall–Kier alpha value is -1.85. The van der Waals surface area contributed by atoms with E-state index in [1.165, 1.54) is 50.5 Å². The second kappa shape index (κ2) is 10.6. The number of imide groups is 1.